The lowest BCUT2D eigenvalue weighted by atomic mass is 10.2. The fourth-order valence-corrected chi connectivity index (χ4v) is 3.14. The molecule has 2 N–H and O–H groups in total. The quantitative estimate of drug-likeness (QED) is 0.631. The summed E-state index contributed by atoms with van der Waals surface area (Å²) in [7, 11) is 0. The van der Waals surface area contributed by atoms with Crippen molar-refractivity contribution in [2.45, 2.75) is 33.2 Å². The Morgan fingerprint density at radius 1 is 1.04 bits per heavy atom. The maximum atomic E-state index is 12.7. The van der Waals surface area contributed by atoms with E-state index in [-0.39, 0.29) is 18.4 Å². The minimum atomic E-state index is -0.516. The van der Waals surface area contributed by atoms with E-state index in [1.165, 1.54) is 0 Å². The molecule has 5 nitrogen and oxygen atoms in total. The van der Waals surface area contributed by atoms with Gasteiger partial charge in [0.25, 0.3) is 0 Å². The molecule has 0 aliphatic carbocycles. The van der Waals surface area contributed by atoms with Crippen molar-refractivity contribution < 1.29 is 9.59 Å². The van der Waals surface area contributed by atoms with Crippen LogP contribution in [0.5, 0.6) is 0 Å². The highest BCUT2D eigenvalue weighted by Crippen LogP contribution is 2.29. The fourth-order valence-electron chi connectivity index (χ4n) is 2.79. The number of carbonyl (C=O) groups excluding carboxylic acids is 2. The molecule has 150 valence electrons. The van der Waals surface area contributed by atoms with Crippen LogP contribution in [0.2, 0.25) is 10.0 Å². The van der Waals surface area contributed by atoms with Gasteiger partial charge in [-0.15, -0.1) is 0 Å². The van der Waals surface area contributed by atoms with Gasteiger partial charge in [-0.1, -0.05) is 54.4 Å². The van der Waals surface area contributed by atoms with Gasteiger partial charge in [-0.3, -0.25) is 14.5 Å². The Morgan fingerprint density at radius 3 is 2.39 bits per heavy atom. The van der Waals surface area contributed by atoms with Gasteiger partial charge in [0.2, 0.25) is 11.8 Å². The van der Waals surface area contributed by atoms with Crippen LogP contribution >= 0.6 is 23.2 Å². The van der Waals surface area contributed by atoms with Crippen molar-refractivity contribution in [3.05, 3.63) is 58.1 Å². The Balaban J connectivity index is 2.04. The first-order valence-electron chi connectivity index (χ1n) is 9.17. The smallest absolute Gasteiger partial charge is 0.241 e. The molecular weight excluding hydrogens is 397 g/mol. The molecule has 0 fully saturated rings. The van der Waals surface area contributed by atoms with Gasteiger partial charge in [-0.2, -0.15) is 0 Å². The summed E-state index contributed by atoms with van der Waals surface area (Å²) in [6, 6.07) is 12.1. The minimum absolute atomic E-state index is 0.111. The largest absolute Gasteiger partial charge is 0.325 e. The second-order valence-corrected chi connectivity index (χ2v) is 7.39. The molecule has 2 rings (SSSR count). The Bertz CT molecular complexity index is 842. The van der Waals surface area contributed by atoms with Crippen molar-refractivity contribution in [3.63, 3.8) is 0 Å². The van der Waals surface area contributed by atoms with Crippen molar-refractivity contribution in [3.8, 4) is 0 Å². The predicted molar refractivity (Wildman–Crippen MR) is 116 cm³/mol. The second-order valence-electron chi connectivity index (χ2n) is 6.60. The summed E-state index contributed by atoms with van der Waals surface area (Å²) in [5, 5.41) is 6.37. The van der Waals surface area contributed by atoms with Crippen LogP contribution in [0.1, 0.15) is 25.8 Å². The van der Waals surface area contributed by atoms with Gasteiger partial charge in [0.1, 0.15) is 0 Å². The summed E-state index contributed by atoms with van der Waals surface area (Å²) in [4.78, 5) is 27.0. The maximum absolute atomic E-state index is 12.7. The van der Waals surface area contributed by atoms with Crippen LogP contribution in [0, 0.1) is 6.92 Å². The zero-order valence-electron chi connectivity index (χ0n) is 16.3. The SMILES string of the molecule is CCCN(CC(=O)Nc1ccccc1C)C(C)C(=O)Nc1cccc(Cl)c1Cl. The average Bonchev–Trinajstić information content (AvgIpc) is 2.66. The molecule has 0 radical (unpaired) electrons. The number of nitrogens with zero attached hydrogens (tertiary/aromatic N) is 1. The summed E-state index contributed by atoms with van der Waals surface area (Å²) in [6.07, 6.45) is 0.813. The molecule has 2 aromatic rings. The number of carbonyl (C=O) groups is 2. The molecule has 0 bridgehead atoms. The molecule has 0 spiro atoms. The topological polar surface area (TPSA) is 61.4 Å². The molecule has 0 aromatic heterocycles. The molecule has 1 atom stereocenters. The van der Waals surface area contributed by atoms with Gasteiger partial charge in [-0.25, -0.2) is 0 Å². The molecule has 2 amide bonds. The molecular formula is C21H25Cl2N3O2. The monoisotopic (exact) mass is 421 g/mol. The standard InChI is InChI=1S/C21H25Cl2N3O2/c1-4-12-26(13-19(27)24-17-10-6-5-8-14(17)2)15(3)21(28)25-18-11-7-9-16(22)20(18)23/h5-11,15H,4,12-13H2,1-3H3,(H,24,27)(H,25,28). The fraction of sp³-hybridized carbons (Fsp3) is 0.333. The van der Waals surface area contributed by atoms with E-state index in [0.717, 1.165) is 17.7 Å². The molecule has 0 saturated heterocycles. The summed E-state index contributed by atoms with van der Waals surface area (Å²) in [6.45, 7) is 6.43. The van der Waals surface area contributed by atoms with E-state index in [4.69, 9.17) is 23.2 Å². The van der Waals surface area contributed by atoms with Crippen LogP contribution in [0.15, 0.2) is 42.5 Å². The number of hydrogen-bond donors (Lipinski definition) is 2. The van der Waals surface area contributed by atoms with Gasteiger partial charge in [-0.05, 0) is 50.6 Å². The van der Waals surface area contributed by atoms with Crippen LogP contribution in [0.3, 0.4) is 0 Å². The van der Waals surface area contributed by atoms with Crippen molar-refractivity contribution >= 4 is 46.4 Å². The van der Waals surface area contributed by atoms with E-state index < -0.39 is 6.04 Å². The lowest BCUT2D eigenvalue weighted by molar-refractivity contribution is -0.123. The summed E-state index contributed by atoms with van der Waals surface area (Å²) >= 11 is 12.1. The number of para-hydroxylation sites is 1. The second kappa shape index (κ2) is 10.5. The lowest BCUT2D eigenvalue weighted by Gasteiger charge is -2.27. The zero-order chi connectivity index (χ0) is 20.7. The van der Waals surface area contributed by atoms with E-state index >= 15 is 0 Å². The number of anilines is 2. The highest BCUT2D eigenvalue weighted by atomic mass is 35.5. The molecule has 28 heavy (non-hydrogen) atoms. The number of halogens is 2. The van der Waals surface area contributed by atoms with Gasteiger partial charge in [0.15, 0.2) is 0 Å². The number of amides is 2. The predicted octanol–water partition coefficient (Wildman–Crippen LogP) is 4.98. The third-order valence-corrected chi connectivity index (χ3v) is 5.23. The molecule has 0 aliphatic rings. The third-order valence-electron chi connectivity index (χ3n) is 4.41. The van der Waals surface area contributed by atoms with Crippen LogP contribution in [0.25, 0.3) is 0 Å². The highest BCUT2D eigenvalue weighted by molar-refractivity contribution is 6.44. The summed E-state index contributed by atoms with van der Waals surface area (Å²) < 4.78 is 0. The molecule has 1 unspecified atom stereocenters. The first kappa shape index (κ1) is 22.2. The Labute approximate surface area is 176 Å². The molecule has 7 heteroatoms. The van der Waals surface area contributed by atoms with E-state index in [9.17, 15) is 9.59 Å². The number of aryl methyl sites for hydroxylation is 1. The average molecular weight is 422 g/mol. The van der Waals surface area contributed by atoms with E-state index in [2.05, 4.69) is 10.6 Å². The first-order valence-corrected chi connectivity index (χ1v) is 9.93. The van der Waals surface area contributed by atoms with Crippen LogP contribution < -0.4 is 10.6 Å². The van der Waals surface area contributed by atoms with Gasteiger partial charge < -0.3 is 10.6 Å². The van der Waals surface area contributed by atoms with Crippen LogP contribution in [-0.2, 0) is 9.59 Å². The van der Waals surface area contributed by atoms with Crippen molar-refractivity contribution in [1.82, 2.24) is 4.90 Å². The van der Waals surface area contributed by atoms with Crippen molar-refractivity contribution in [2.75, 3.05) is 23.7 Å². The summed E-state index contributed by atoms with van der Waals surface area (Å²) in [5.74, 6) is -0.413. The Morgan fingerprint density at radius 2 is 1.71 bits per heavy atom. The number of hydrogen-bond acceptors (Lipinski definition) is 3. The minimum Gasteiger partial charge on any atom is -0.325 e. The zero-order valence-corrected chi connectivity index (χ0v) is 17.8. The lowest BCUT2D eigenvalue weighted by Crippen LogP contribution is -2.46. The number of rotatable bonds is 8. The van der Waals surface area contributed by atoms with Crippen LogP contribution in [0.4, 0.5) is 11.4 Å². The van der Waals surface area contributed by atoms with Crippen molar-refractivity contribution in [1.29, 1.82) is 0 Å². The van der Waals surface area contributed by atoms with Crippen LogP contribution in [-0.4, -0.2) is 35.8 Å². The van der Waals surface area contributed by atoms with Gasteiger partial charge in [0.05, 0.1) is 28.3 Å². The van der Waals surface area contributed by atoms with E-state index in [1.54, 1.807) is 25.1 Å². The highest BCUT2D eigenvalue weighted by Gasteiger charge is 2.24. The van der Waals surface area contributed by atoms with E-state index in [1.807, 2.05) is 43.0 Å². The van der Waals surface area contributed by atoms with Crippen molar-refractivity contribution in [2.24, 2.45) is 0 Å². The normalized spacial score (nSPS) is 11.9. The third kappa shape index (κ3) is 5.96. The maximum Gasteiger partial charge on any atom is 0.241 e. The number of nitrogens with one attached hydrogen (secondary N) is 2. The Hall–Kier alpha value is -2.08. The van der Waals surface area contributed by atoms with Gasteiger partial charge in [0, 0.05) is 5.69 Å². The molecule has 2 aromatic carbocycles. The number of benzene rings is 2. The summed E-state index contributed by atoms with van der Waals surface area (Å²) in [5.41, 5.74) is 2.21. The van der Waals surface area contributed by atoms with Gasteiger partial charge >= 0.3 is 0 Å². The molecule has 0 saturated carbocycles. The Kier molecular flexibility index (Phi) is 8.30. The molecule has 0 heterocycles. The molecule has 0 aliphatic heterocycles. The van der Waals surface area contributed by atoms with E-state index in [0.29, 0.717) is 22.3 Å². The first-order chi connectivity index (χ1) is 13.3.